The lowest BCUT2D eigenvalue weighted by Gasteiger charge is -2.17. The minimum absolute atomic E-state index is 0.0689. The second-order valence-corrected chi connectivity index (χ2v) is 5.81. The normalized spacial score (nSPS) is 17.0. The first kappa shape index (κ1) is 16.0. The summed E-state index contributed by atoms with van der Waals surface area (Å²) in [6.45, 7) is 2.28. The molecule has 1 N–H and O–H groups in total. The number of nitrogens with zero attached hydrogens (tertiary/aromatic N) is 2. The number of methoxy groups -OCH3 is 1. The van der Waals surface area contributed by atoms with Gasteiger partial charge < -0.3 is 15.0 Å². The predicted octanol–water partition coefficient (Wildman–Crippen LogP) is 2.39. The molecule has 0 bridgehead atoms. The highest BCUT2D eigenvalue weighted by Gasteiger charge is 2.35. The van der Waals surface area contributed by atoms with Gasteiger partial charge in [-0.05, 0) is 36.8 Å². The first-order valence-corrected chi connectivity index (χ1v) is 7.75. The number of carbonyl (C=O) groups excluding carboxylic acids is 2. The number of aryl methyl sites for hydroxylation is 1. The molecule has 6 heteroatoms. The molecule has 1 aliphatic rings. The van der Waals surface area contributed by atoms with Crippen molar-refractivity contribution in [2.75, 3.05) is 23.9 Å². The van der Waals surface area contributed by atoms with Crippen LogP contribution in [0.25, 0.3) is 0 Å². The number of aromatic nitrogens is 1. The van der Waals surface area contributed by atoms with Crippen LogP contribution in [0.1, 0.15) is 12.0 Å². The molecule has 2 aromatic rings. The summed E-state index contributed by atoms with van der Waals surface area (Å²) in [5.74, 6) is 0.530. The van der Waals surface area contributed by atoms with Crippen molar-refractivity contribution in [1.82, 2.24) is 4.98 Å². The lowest BCUT2D eigenvalue weighted by molar-refractivity contribution is -0.122. The highest BCUT2D eigenvalue weighted by molar-refractivity contribution is 6.03. The van der Waals surface area contributed by atoms with Crippen molar-refractivity contribution in [3.63, 3.8) is 0 Å². The Bertz CT molecular complexity index is 776. The fourth-order valence-electron chi connectivity index (χ4n) is 2.74. The zero-order chi connectivity index (χ0) is 17.1. The van der Waals surface area contributed by atoms with Crippen LogP contribution in [0.15, 0.2) is 42.6 Å². The molecule has 0 aliphatic carbocycles. The largest absolute Gasteiger partial charge is 0.497 e. The average Bonchev–Trinajstić information content (AvgIpc) is 2.97. The maximum Gasteiger partial charge on any atom is 0.230 e. The van der Waals surface area contributed by atoms with Gasteiger partial charge in [0, 0.05) is 30.9 Å². The van der Waals surface area contributed by atoms with Crippen molar-refractivity contribution < 1.29 is 14.3 Å². The number of rotatable bonds is 4. The van der Waals surface area contributed by atoms with Gasteiger partial charge in [-0.3, -0.25) is 9.59 Å². The van der Waals surface area contributed by atoms with E-state index in [1.54, 1.807) is 30.3 Å². The fourth-order valence-corrected chi connectivity index (χ4v) is 2.74. The number of nitrogens with one attached hydrogen (secondary N) is 1. The predicted molar refractivity (Wildman–Crippen MR) is 91.1 cm³/mol. The van der Waals surface area contributed by atoms with Crippen LogP contribution in [0.4, 0.5) is 11.5 Å². The molecule has 1 unspecified atom stereocenters. The summed E-state index contributed by atoms with van der Waals surface area (Å²) in [6, 6.07) is 10.9. The molecule has 2 heterocycles. The summed E-state index contributed by atoms with van der Waals surface area (Å²) in [4.78, 5) is 30.4. The van der Waals surface area contributed by atoms with Crippen molar-refractivity contribution in [3.05, 3.63) is 48.2 Å². The highest BCUT2D eigenvalue weighted by Crippen LogP contribution is 2.28. The molecule has 6 nitrogen and oxygen atoms in total. The van der Waals surface area contributed by atoms with E-state index < -0.39 is 5.92 Å². The number of hydrogen-bond donors (Lipinski definition) is 1. The minimum atomic E-state index is -0.397. The van der Waals surface area contributed by atoms with E-state index in [0.29, 0.717) is 18.1 Å². The highest BCUT2D eigenvalue weighted by atomic mass is 16.5. The standard InChI is InChI=1S/C18H19N3O3/c1-12-6-7-19-16(8-12)20-18(23)13-9-17(22)21(11-13)14-4-3-5-15(10-14)24-2/h3-8,10,13H,9,11H2,1-2H3,(H,19,20,23). The van der Waals surface area contributed by atoms with E-state index in [1.807, 2.05) is 31.2 Å². The van der Waals surface area contributed by atoms with Gasteiger partial charge in [-0.1, -0.05) is 6.07 Å². The van der Waals surface area contributed by atoms with E-state index in [4.69, 9.17) is 4.74 Å². The van der Waals surface area contributed by atoms with E-state index in [0.717, 1.165) is 11.3 Å². The van der Waals surface area contributed by atoms with Gasteiger partial charge in [0.25, 0.3) is 0 Å². The van der Waals surface area contributed by atoms with Gasteiger partial charge in [0.05, 0.1) is 13.0 Å². The van der Waals surface area contributed by atoms with Gasteiger partial charge >= 0.3 is 0 Å². The van der Waals surface area contributed by atoms with E-state index in [1.165, 1.54) is 0 Å². The lowest BCUT2D eigenvalue weighted by Crippen LogP contribution is -2.28. The number of pyridine rings is 1. The summed E-state index contributed by atoms with van der Waals surface area (Å²) >= 11 is 0. The Morgan fingerprint density at radius 1 is 1.33 bits per heavy atom. The lowest BCUT2D eigenvalue weighted by atomic mass is 10.1. The van der Waals surface area contributed by atoms with Crippen LogP contribution in [0.3, 0.4) is 0 Å². The van der Waals surface area contributed by atoms with E-state index in [-0.39, 0.29) is 18.2 Å². The third-order valence-electron chi connectivity index (χ3n) is 4.03. The van der Waals surface area contributed by atoms with Crippen molar-refractivity contribution >= 4 is 23.3 Å². The Morgan fingerprint density at radius 2 is 2.17 bits per heavy atom. The molecule has 3 rings (SSSR count). The van der Waals surface area contributed by atoms with Crippen LogP contribution in [-0.2, 0) is 9.59 Å². The Labute approximate surface area is 140 Å². The molecule has 0 radical (unpaired) electrons. The number of anilines is 2. The fraction of sp³-hybridized carbons (Fsp3) is 0.278. The second-order valence-electron chi connectivity index (χ2n) is 5.81. The summed E-state index contributed by atoms with van der Waals surface area (Å²) in [5, 5.41) is 2.79. The number of carbonyl (C=O) groups is 2. The molecule has 1 aliphatic heterocycles. The molecule has 1 fully saturated rings. The SMILES string of the molecule is COc1cccc(N2CC(C(=O)Nc3cc(C)ccn3)CC2=O)c1. The Balaban J connectivity index is 1.70. The van der Waals surface area contributed by atoms with Crippen molar-refractivity contribution in [2.45, 2.75) is 13.3 Å². The quantitative estimate of drug-likeness (QED) is 0.937. The van der Waals surface area contributed by atoms with Gasteiger partial charge in [0.1, 0.15) is 11.6 Å². The molecular weight excluding hydrogens is 306 g/mol. The van der Waals surface area contributed by atoms with E-state index in [9.17, 15) is 9.59 Å². The van der Waals surface area contributed by atoms with Crippen LogP contribution in [0, 0.1) is 12.8 Å². The van der Waals surface area contributed by atoms with E-state index in [2.05, 4.69) is 10.3 Å². The molecule has 124 valence electrons. The molecule has 2 amide bonds. The molecule has 1 aromatic heterocycles. The maximum absolute atomic E-state index is 12.4. The topological polar surface area (TPSA) is 71.5 Å². The molecule has 1 atom stereocenters. The van der Waals surface area contributed by atoms with Gasteiger partial charge in [0.2, 0.25) is 11.8 Å². The second kappa shape index (κ2) is 6.70. The summed E-state index contributed by atoms with van der Waals surface area (Å²) in [6.07, 6.45) is 1.84. The van der Waals surface area contributed by atoms with E-state index >= 15 is 0 Å². The molecule has 0 saturated carbocycles. The Kier molecular flexibility index (Phi) is 4.46. The van der Waals surface area contributed by atoms with Crippen molar-refractivity contribution in [1.29, 1.82) is 0 Å². The first-order valence-electron chi connectivity index (χ1n) is 7.75. The number of amides is 2. The zero-order valence-corrected chi connectivity index (χ0v) is 13.7. The van der Waals surface area contributed by atoms with Gasteiger partial charge in [-0.25, -0.2) is 4.98 Å². The summed E-state index contributed by atoms with van der Waals surface area (Å²) < 4.78 is 5.19. The molecule has 24 heavy (non-hydrogen) atoms. The van der Waals surface area contributed by atoms with Gasteiger partial charge in [-0.15, -0.1) is 0 Å². The van der Waals surface area contributed by atoms with Crippen LogP contribution in [0.2, 0.25) is 0 Å². The summed E-state index contributed by atoms with van der Waals surface area (Å²) in [5.41, 5.74) is 1.75. The van der Waals surface area contributed by atoms with Crippen molar-refractivity contribution in [2.24, 2.45) is 5.92 Å². The monoisotopic (exact) mass is 325 g/mol. The molecule has 1 aromatic carbocycles. The van der Waals surface area contributed by atoms with Crippen LogP contribution in [0.5, 0.6) is 5.75 Å². The maximum atomic E-state index is 12.4. The molecule has 0 spiro atoms. The number of benzene rings is 1. The Morgan fingerprint density at radius 3 is 2.92 bits per heavy atom. The number of ether oxygens (including phenoxy) is 1. The molecule has 1 saturated heterocycles. The molecular formula is C18H19N3O3. The van der Waals surface area contributed by atoms with Gasteiger partial charge in [-0.2, -0.15) is 0 Å². The van der Waals surface area contributed by atoms with Crippen molar-refractivity contribution in [3.8, 4) is 5.75 Å². The third-order valence-corrected chi connectivity index (χ3v) is 4.03. The van der Waals surface area contributed by atoms with Crippen LogP contribution in [-0.4, -0.2) is 30.5 Å². The zero-order valence-electron chi connectivity index (χ0n) is 13.7. The third kappa shape index (κ3) is 3.37. The average molecular weight is 325 g/mol. The van der Waals surface area contributed by atoms with Crippen LogP contribution < -0.4 is 15.0 Å². The summed E-state index contributed by atoms with van der Waals surface area (Å²) in [7, 11) is 1.58. The minimum Gasteiger partial charge on any atom is -0.497 e. The van der Waals surface area contributed by atoms with Gasteiger partial charge in [0.15, 0.2) is 0 Å². The number of hydrogen-bond acceptors (Lipinski definition) is 4. The smallest absolute Gasteiger partial charge is 0.230 e. The Hall–Kier alpha value is -2.89. The first-order chi connectivity index (χ1) is 11.6. The van der Waals surface area contributed by atoms with Crippen LogP contribution >= 0.6 is 0 Å².